The normalized spacial score (nSPS) is 18.8. The van der Waals surface area contributed by atoms with Crippen molar-refractivity contribution in [1.82, 2.24) is 4.90 Å². The molecule has 0 saturated carbocycles. The van der Waals surface area contributed by atoms with Crippen LogP contribution in [0.25, 0.3) is 0 Å². The van der Waals surface area contributed by atoms with Crippen LogP contribution in [0.2, 0.25) is 0 Å². The Bertz CT molecular complexity index is 962. The van der Waals surface area contributed by atoms with Crippen LogP contribution in [0.15, 0.2) is 48.5 Å². The highest BCUT2D eigenvalue weighted by atomic mass is 32.2. The molecule has 0 bridgehead atoms. The number of sulfone groups is 1. The number of hydrogen-bond acceptors (Lipinski definition) is 3. The van der Waals surface area contributed by atoms with Gasteiger partial charge in [0.05, 0.1) is 11.5 Å². The lowest BCUT2D eigenvalue weighted by Crippen LogP contribution is -2.40. The van der Waals surface area contributed by atoms with Gasteiger partial charge in [-0.1, -0.05) is 45.0 Å². The summed E-state index contributed by atoms with van der Waals surface area (Å²) in [4.78, 5) is 14.8. The fourth-order valence-corrected chi connectivity index (χ4v) is 5.23. The Morgan fingerprint density at radius 3 is 2.36 bits per heavy atom. The molecule has 0 aliphatic carbocycles. The molecule has 4 nitrogen and oxygen atoms in total. The van der Waals surface area contributed by atoms with Crippen LogP contribution in [-0.2, 0) is 21.8 Å². The van der Waals surface area contributed by atoms with Gasteiger partial charge in [0.2, 0.25) is 0 Å². The van der Waals surface area contributed by atoms with E-state index in [4.69, 9.17) is 0 Å². The van der Waals surface area contributed by atoms with Gasteiger partial charge >= 0.3 is 0 Å². The van der Waals surface area contributed by atoms with E-state index < -0.39 is 15.9 Å². The van der Waals surface area contributed by atoms with Crippen LogP contribution in [0, 0.1) is 5.82 Å². The maximum Gasteiger partial charge on any atom is 0.254 e. The summed E-state index contributed by atoms with van der Waals surface area (Å²) >= 11 is 0. The van der Waals surface area contributed by atoms with Crippen LogP contribution in [0.5, 0.6) is 0 Å². The average Bonchev–Trinajstić information content (AvgIpc) is 2.98. The van der Waals surface area contributed by atoms with Crippen molar-refractivity contribution in [3.05, 3.63) is 71.0 Å². The van der Waals surface area contributed by atoms with E-state index in [9.17, 15) is 17.6 Å². The Labute approximate surface area is 166 Å². The first-order valence-corrected chi connectivity index (χ1v) is 11.2. The van der Waals surface area contributed by atoms with Gasteiger partial charge in [0.25, 0.3) is 5.91 Å². The molecule has 2 aromatic rings. The zero-order chi connectivity index (χ0) is 20.5. The Morgan fingerprint density at radius 1 is 1.14 bits per heavy atom. The molecule has 0 radical (unpaired) electrons. The summed E-state index contributed by atoms with van der Waals surface area (Å²) < 4.78 is 37.5. The van der Waals surface area contributed by atoms with Crippen molar-refractivity contribution in [1.29, 1.82) is 0 Å². The highest BCUT2D eigenvalue weighted by Crippen LogP contribution is 2.25. The van der Waals surface area contributed by atoms with Crippen LogP contribution < -0.4 is 0 Å². The van der Waals surface area contributed by atoms with Gasteiger partial charge in [-0.2, -0.15) is 0 Å². The van der Waals surface area contributed by atoms with Gasteiger partial charge in [0.1, 0.15) is 5.82 Å². The molecule has 1 amide bonds. The van der Waals surface area contributed by atoms with Crippen molar-refractivity contribution in [3.8, 4) is 0 Å². The summed E-state index contributed by atoms with van der Waals surface area (Å²) in [7, 11) is -3.15. The second-order valence-electron chi connectivity index (χ2n) is 8.45. The van der Waals surface area contributed by atoms with Gasteiger partial charge in [-0.3, -0.25) is 4.79 Å². The number of nitrogens with zero attached hydrogens (tertiary/aromatic N) is 1. The topological polar surface area (TPSA) is 54.5 Å². The predicted molar refractivity (Wildman–Crippen MR) is 108 cm³/mol. The number of halogens is 1. The van der Waals surface area contributed by atoms with E-state index >= 15 is 0 Å². The molecule has 1 fully saturated rings. The standard InChI is InChI=1S/C22H26FNO3S/c1-22(2,3)18-9-7-17(8-10-18)21(25)24(20-11-12-28(26,27)15-20)14-16-5-4-6-19(23)13-16/h4-10,13,20H,11-12,14-15H2,1-3H3. The highest BCUT2D eigenvalue weighted by molar-refractivity contribution is 7.91. The van der Waals surface area contributed by atoms with E-state index in [0.717, 1.165) is 5.56 Å². The lowest BCUT2D eigenvalue weighted by Gasteiger charge is -2.29. The van der Waals surface area contributed by atoms with Crippen molar-refractivity contribution in [2.45, 2.75) is 45.2 Å². The molecule has 1 unspecified atom stereocenters. The molecule has 0 aromatic heterocycles. The molecule has 1 heterocycles. The van der Waals surface area contributed by atoms with Crippen molar-refractivity contribution in [2.75, 3.05) is 11.5 Å². The molecule has 2 aromatic carbocycles. The fourth-order valence-electron chi connectivity index (χ4n) is 3.50. The number of hydrogen-bond donors (Lipinski definition) is 0. The summed E-state index contributed by atoms with van der Waals surface area (Å²) in [5.41, 5.74) is 2.24. The van der Waals surface area contributed by atoms with Crippen LogP contribution in [0.1, 0.15) is 48.7 Å². The van der Waals surface area contributed by atoms with Gasteiger partial charge in [0, 0.05) is 18.2 Å². The minimum absolute atomic E-state index is 0.0254. The van der Waals surface area contributed by atoms with E-state index in [0.29, 0.717) is 17.5 Å². The predicted octanol–water partition coefficient (Wildman–Crippen LogP) is 3.95. The molecule has 1 aliphatic heterocycles. The summed E-state index contributed by atoms with van der Waals surface area (Å²) in [6.45, 7) is 6.48. The molecule has 0 N–H and O–H groups in total. The first-order valence-electron chi connectivity index (χ1n) is 9.41. The largest absolute Gasteiger partial charge is 0.330 e. The van der Waals surface area contributed by atoms with Crippen molar-refractivity contribution in [2.24, 2.45) is 0 Å². The SMILES string of the molecule is CC(C)(C)c1ccc(C(=O)N(Cc2cccc(F)c2)C2CCS(=O)(=O)C2)cc1. The summed E-state index contributed by atoms with van der Waals surface area (Å²) in [5.74, 6) is -0.577. The molecule has 1 saturated heterocycles. The van der Waals surface area contributed by atoms with Crippen LogP contribution in [0.4, 0.5) is 4.39 Å². The molecule has 28 heavy (non-hydrogen) atoms. The molecular weight excluding hydrogens is 377 g/mol. The van der Waals surface area contributed by atoms with Gasteiger partial charge < -0.3 is 4.90 Å². The fraction of sp³-hybridized carbons (Fsp3) is 0.409. The molecule has 3 rings (SSSR count). The van der Waals surface area contributed by atoms with Gasteiger partial charge in [-0.15, -0.1) is 0 Å². The smallest absolute Gasteiger partial charge is 0.254 e. The van der Waals surface area contributed by atoms with E-state index in [2.05, 4.69) is 20.8 Å². The van der Waals surface area contributed by atoms with E-state index in [-0.39, 0.29) is 35.2 Å². The van der Waals surface area contributed by atoms with Crippen LogP contribution in [0.3, 0.4) is 0 Å². The molecule has 6 heteroatoms. The molecule has 0 spiro atoms. The average molecular weight is 404 g/mol. The summed E-state index contributed by atoms with van der Waals surface area (Å²) in [6, 6.07) is 13.1. The van der Waals surface area contributed by atoms with Crippen LogP contribution in [-0.4, -0.2) is 36.8 Å². The minimum atomic E-state index is -3.15. The lowest BCUT2D eigenvalue weighted by atomic mass is 9.86. The minimum Gasteiger partial charge on any atom is -0.330 e. The first-order chi connectivity index (χ1) is 13.0. The zero-order valence-corrected chi connectivity index (χ0v) is 17.3. The number of amides is 1. The highest BCUT2D eigenvalue weighted by Gasteiger charge is 2.35. The third-order valence-electron chi connectivity index (χ3n) is 5.15. The van der Waals surface area contributed by atoms with Crippen molar-refractivity contribution in [3.63, 3.8) is 0 Å². The lowest BCUT2D eigenvalue weighted by molar-refractivity contribution is 0.0680. The summed E-state index contributed by atoms with van der Waals surface area (Å²) in [6.07, 6.45) is 0.406. The zero-order valence-electron chi connectivity index (χ0n) is 16.5. The monoisotopic (exact) mass is 403 g/mol. The van der Waals surface area contributed by atoms with E-state index in [1.165, 1.54) is 12.1 Å². The van der Waals surface area contributed by atoms with Crippen LogP contribution >= 0.6 is 0 Å². The van der Waals surface area contributed by atoms with Gasteiger partial charge in [-0.25, -0.2) is 12.8 Å². The molecule has 1 atom stereocenters. The first kappa shape index (κ1) is 20.5. The number of benzene rings is 2. The van der Waals surface area contributed by atoms with Crippen molar-refractivity contribution < 1.29 is 17.6 Å². The third-order valence-corrected chi connectivity index (χ3v) is 6.90. The van der Waals surface area contributed by atoms with Crippen molar-refractivity contribution >= 4 is 15.7 Å². The number of carbonyl (C=O) groups excluding carboxylic acids is 1. The second-order valence-corrected chi connectivity index (χ2v) is 10.7. The Kier molecular flexibility index (Phi) is 5.62. The number of rotatable bonds is 4. The van der Waals surface area contributed by atoms with E-state index in [1.807, 2.05) is 12.1 Å². The number of carbonyl (C=O) groups is 1. The molecule has 150 valence electrons. The Hall–Kier alpha value is -2.21. The Morgan fingerprint density at radius 2 is 1.82 bits per heavy atom. The maximum absolute atomic E-state index is 13.6. The molecule has 1 aliphatic rings. The van der Waals surface area contributed by atoms with Gasteiger partial charge in [0.15, 0.2) is 9.84 Å². The summed E-state index contributed by atoms with van der Waals surface area (Å²) in [5, 5.41) is 0. The quantitative estimate of drug-likeness (QED) is 0.777. The van der Waals surface area contributed by atoms with Gasteiger partial charge in [-0.05, 0) is 47.2 Å². The molecular formula is C22H26FNO3S. The second kappa shape index (κ2) is 7.66. The maximum atomic E-state index is 13.6. The van der Waals surface area contributed by atoms with E-state index in [1.54, 1.807) is 29.2 Å². The third kappa shape index (κ3) is 4.79. The Balaban J connectivity index is 1.90.